The van der Waals surface area contributed by atoms with Crippen molar-refractivity contribution in [2.75, 3.05) is 11.5 Å². The standard InChI is InChI=1S/C26H22F4N2O5/c27-25(28)26(29,30)37-21-11-6-17(7-12-21)24(35)36-20-9-1-15(2-10-20)13-18(23(33)34)4-3-16-5-8-19(31)14-22(16)32/h1-2,5-14,25H,3-4,31-32H2,(H,33,34)/b18-13+. The second kappa shape index (κ2) is 11.5. The summed E-state index contributed by atoms with van der Waals surface area (Å²) in [7, 11) is 0. The number of rotatable bonds is 10. The molecule has 0 amide bonds. The fraction of sp³-hybridized carbons (Fsp3) is 0.154. The number of carboxylic acids is 1. The van der Waals surface area contributed by atoms with Crippen LogP contribution in [0.2, 0.25) is 0 Å². The van der Waals surface area contributed by atoms with Gasteiger partial charge >= 0.3 is 24.5 Å². The molecule has 0 aliphatic rings. The molecular weight excluding hydrogens is 496 g/mol. The predicted molar refractivity (Wildman–Crippen MR) is 129 cm³/mol. The molecule has 0 aliphatic carbocycles. The SMILES string of the molecule is Nc1ccc(CC/C(=C\c2ccc(OC(=O)c3ccc(OC(F)(F)C(F)F)cc3)cc2)C(=O)O)c(N)c1. The van der Waals surface area contributed by atoms with Crippen LogP contribution >= 0.6 is 0 Å². The van der Waals surface area contributed by atoms with E-state index in [1.165, 1.54) is 18.2 Å². The molecule has 37 heavy (non-hydrogen) atoms. The maximum Gasteiger partial charge on any atom is 0.461 e. The first-order chi connectivity index (χ1) is 17.4. The van der Waals surface area contributed by atoms with E-state index in [2.05, 4.69) is 4.74 Å². The zero-order chi connectivity index (χ0) is 27.2. The summed E-state index contributed by atoms with van der Waals surface area (Å²) in [6.45, 7) is 0. The number of carboxylic acid groups (broad SMARTS) is 1. The number of nitrogens with two attached hydrogens (primary N) is 2. The predicted octanol–water partition coefficient (Wildman–Crippen LogP) is 5.41. The molecule has 0 fully saturated rings. The van der Waals surface area contributed by atoms with Gasteiger partial charge in [-0.2, -0.15) is 17.6 Å². The quantitative estimate of drug-likeness (QED) is 0.108. The Labute approximate surface area is 208 Å². The second-order valence-electron chi connectivity index (χ2n) is 7.88. The number of halogens is 4. The monoisotopic (exact) mass is 518 g/mol. The zero-order valence-electron chi connectivity index (χ0n) is 19.2. The van der Waals surface area contributed by atoms with Crippen molar-refractivity contribution in [3.8, 4) is 11.5 Å². The Balaban J connectivity index is 1.63. The van der Waals surface area contributed by atoms with E-state index in [0.717, 1.165) is 29.8 Å². The molecule has 5 N–H and O–H groups in total. The van der Waals surface area contributed by atoms with E-state index in [9.17, 15) is 32.3 Å². The largest absolute Gasteiger partial charge is 0.478 e. The molecule has 0 atom stereocenters. The van der Waals surface area contributed by atoms with Gasteiger partial charge in [-0.3, -0.25) is 0 Å². The molecule has 0 bridgehead atoms. The summed E-state index contributed by atoms with van der Waals surface area (Å²) < 4.78 is 59.6. The summed E-state index contributed by atoms with van der Waals surface area (Å²) in [5, 5.41) is 9.56. The van der Waals surface area contributed by atoms with E-state index in [1.54, 1.807) is 30.3 Å². The molecule has 0 aromatic heterocycles. The van der Waals surface area contributed by atoms with Crippen molar-refractivity contribution in [2.45, 2.75) is 25.4 Å². The first-order valence-corrected chi connectivity index (χ1v) is 10.8. The van der Waals surface area contributed by atoms with E-state index in [1.807, 2.05) is 0 Å². The first-order valence-electron chi connectivity index (χ1n) is 10.8. The minimum atomic E-state index is -4.66. The highest BCUT2D eigenvalue weighted by Crippen LogP contribution is 2.28. The maximum atomic E-state index is 13.0. The Hall–Kier alpha value is -4.54. The second-order valence-corrected chi connectivity index (χ2v) is 7.88. The highest BCUT2D eigenvalue weighted by atomic mass is 19.3. The molecule has 0 unspecified atom stereocenters. The number of esters is 1. The molecular formula is C26H22F4N2O5. The van der Waals surface area contributed by atoms with Crippen LogP contribution in [0.4, 0.5) is 28.9 Å². The molecule has 0 saturated heterocycles. The van der Waals surface area contributed by atoms with Crippen LogP contribution in [0.1, 0.15) is 27.9 Å². The molecule has 0 heterocycles. The molecule has 0 saturated carbocycles. The third-order valence-electron chi connectivity index (χ3n) is 5.14. The van der Waals surface area contributed by atoms with E-state index >= 15 is 0 Å². The summed E-state index contributed by atoms with van der Waals surface area (Å²) >= 11 is 0. The van der Waals surface area contributed by atoms with Gasteiger partial charge in [-0.15, -0.1) is 0 Å². The molecule has 0 aliphatic heterocycles. The van der Waals surface area contributed by atoms with Gasteiger partial charge in [-0.05, 0) is 78.6 Å². The minimum Gasteiger partial charge on any atom is -0.478 e. The van der Waals surface area contributed by atoms with Crippen LogP contribution in [-0.2, 0) is 11.2 Å². The summed E-state index contributed by atoms with van der Waals surface area (Å²) in [6, 6.07) is 15.1. The molecule has 11 heteroatoms. The Morgan fingerprint density at radius 2 is 1.57 bits per heavy atom. The lowest BCUT2D eigenvalue weighted by Gasteiger charge is -2.16. The molecule has 0 radical (unpaired) electrons. The van der Waals surface area contributed by atoms with Crippen LogP contribution < -0.4 is 20.9 Å². The number of benzene rings is 3. The van der Waals surface area contributed by atoms with E-state index in [-0.39, 0.29) is 23.3 Å². The number of ether oxygens (including phenoxy) is 2. The number of carbonyl (C=O) groups excluding carboxylic acids is 1. The fourth-order valence-corrected chi connectivity index (χ4v) is 3.21. The highest BCUT2D eigenvalue weighted by molar-refractivity contribution is 5.92. The van der Waals surface area contributed by atoms with Gasteiger partial charge in [0.1, 0.15) is 11.5 Å². The van der Waals surface area contributed by atoms with Crippen molar-refractivity contribution in [2.24, 2.45) is 0 Å². The van der Waals surface area contributed by atoms with Gasteiger partial charge in [-0.1, -0.05) is 18.2 Å². The number of carbonyl (C=O) groups is 2. The molecule has 194 valence electrons. The molecule has 3 aromatic carbocycles. The number of alkyl halides is 4. The number of aliphatic carboxylic acids is 1. The number of hydrogen-bond donors (Lipinski definition) is 3. The third-order valence-corrected chi connectivity index (χ3v) is 5.14. The zero-order valence-corrected chi connectivity index (χ0v) is 19.2. The number of anilines is 2. The van der Waals surface area contributed by atoms with Crippen molar-refractivity contribution >= 4 is 29.4 Å². The summed E-state index contributed by atoms with van der Waals surface area (Å²) in [5.41, 5.74) is 14.0. The van der Waals surface area contributed by atoms with E-state index in [4.69, 9.17) is 16.2 Å². The number of aryl methyl sites for hydroxylation is 1. The fourth-order valence-electron chi connectivity index (χ4n) is 3.21. The number of nitrogen functional groups attached to an aromatic ring is 2. The molecule has 3 rings (SSSR count). The Morgan fingerprint density at radius 3 is 2.14 bits per heavy atom. The smallest absolute Gasteiger partial charge is 0.461 e. The van der Waals surface area contributed by atoms with Crippen molar-refractivity contribution in [1.29, 1.82) is 0 Å². The van der Waals surface area contributed by atoms with Crippen molar-refractivity contribution in [3.63, 3.8) is 0 Å². The van der Waals surface area contributed by atoms with Gasteiger partial charge in [-0.25, -0.2) is 9.59 Å². The van der Waals surface area contributed by atoms with Gasteiger partial charge in [0.05, 0.1) is 5.56 Å². The minimum absolute atomic E-state index is 0.0354. The van der Waals surface area contributed by atoms with E-state index < -0.39 is 30.2 Å². The van der Waals surface area contributed by atoms with Crippen LogP contribution in [0.25, 0.3) is 6.08 Å². The van der Waals surface area contributed by atoms with Crippen LogP contribution in [0.15, 0.2) is 72.3 Å². The van der Waals surface area contributed by atoms with Gasteiger partial charge in [0.2, 0.25) is 0 Å². The highest BCUT2D eigenvalue weighted by Gasteiger charge is 2.43. The van der Waals surface area contributed by atoms with Gasteiger partial charge in [0, 0.05) is 16.9 Å². The van der Waals surface area contributed by atoms with Crippen molar-refractivity contribution in [3.05, 3.63) is 89.0 Å². The van der Waals surface area contributed by atoms with Gasteiger partial charge in [0.15, 0.2) is 0 Å². The number of hydrogen-bond acceptors (Lipinski definition) is 6. The van der Waals surface area contributed by atoms with Gasteiger partial charge < -0.3 is 26.0 Å². The normalized spacial score (nSPS) is 11.9. The van der Waals surface area contributed by atoms with Crippen LogP contribution in [-0.4, -0.2) is 29.6 Å². The Bertz CT molecular complexity index is 1290. The van der Waals surface area contributed by atoms with Crippen LogP contribution in [0.5, 0.6) is 11.5 Å². The lowest BCUT2D eigenvalue weighted by Crippen LogP contribution is -2.33. The Morgan fingerprint density at radius 1 is 0.946 bits per heavy atom. The lowest BCUT2D eigenvalue weighted by atomic mass is 10.0. The lowest BCUT2D eigenvalue weighted by molar-refractivity contribution is -0.253. The summed E-state index contributed by atoms with van der Waals surface area (Å²) in [6.07, 6.45) is -6.59. The Kier molecular flexibility index (Phi) is 8.38. The maximum absolute atomic E-state index is 13.0. The summed E-state index contributed by atoms with van der Waals surface area (Å²) in [4.78, 5) is 24.0. The van der Waals surface area contributed by atoms with E-state index in [0.29, 0.717) is 23.4 Å². The van der Waals surface area contributed by atoms with Crippen molar-refractivity contribution < 1.29 is 41.7 Å². The van der Waals surface area contributed by atoms with Crippen LogP contribution in [0, 0.1) is 0 Å². The molecule has 7 nitrogen and oxygen atoms in total. The van der Waals surface area contributed by atoms with Gasteiger partial charge in [0.25, 0.3) is 0 Å². The first kappa shape index (κ1) is 27.1. The summed E-state index contributed by atoms with van der Waals surface area (Å²) in [5.74, 6) is -2.34. The van der Waals surface area contributed by atoms with Crippen LogP contribution in [0.3, 0.4) is 0 Å². The topological polar surface area (TPSA) is 125 Å². The average molecular weight is 518 g/mol. The van der Waals surface area contributed by atoms with Crippen molar-refractivity contribution in [1.82, 2.24) is 0 Å². The molecule has 3 aromatic rings. The molecule has 0 spiro atoms. The average Bonchev–Trinajstić information content (AvgIpc) is 2.83. The third kappa shape index (κ3) is 7.47.